The molecule has 0 bridgehead atoms. The van der Waals surface area contributed by atoms with Gasteiger partial charge in [-0.3, -0.25) is 9.69 Å². The second-order valence-electron chi connectivity index (χ2n) is 6.35. The van der Waals surface area contributed by atoms with Crippen LogP contribution in [0.25, 0.3) is 0 Å². The van der Waals surface area contributed by atoms with Crippen molar-refractivity contribution in [2.45, 2.75) is 6.54 Å². The number of hydrogen-bond donors (Lipinski definition) is 1. The molecule has 0 unspecified atom stereocenters. The Hall–Kier alpha value is -1.76. The molecule has 0 aliphatic carbocycles. The summed E-state index contributed by atoms with van der Waals surface area (Å²) in [5, 5.41) is 2.74. The molecule has 0 atom stereocenters. The highest BCUT2D eigenvalue weighted by atomic mass is 79.9. The Kier molecular flexibility index (Phi) is 5.83. The Bertz CT molecular complexity index is 743. The molecule has 0 radical (unpaired) electrons. The van der Waals surface area contributed by atoms with E-state index in [1.165, 1.54) is 17.7 Å². The minimum atomic E-state index is -0.543. The lowest BCUT2D eigenvalue weighted by atomic mass is 10.1. The summed E-state index contributed by atoms with van der Waals surface area (Å²) >= 11 is 3.19. The standard InChI is InChI=1S/C19H21BrFN3O/c1-23-8-10-24(11-9-23)13-14-2-5-16(6-3-14)22-19(25)17-7-4-15(20)12-18(17)21/h2-7,12H,8-11,13H2,1H3,(H,22,25). The maximum Gasteiger partial charge on any atom is 0.258 e. The van der Waals surface area contributed by atoms with Crippen LogP contribution in [0, 0.1) is 5.82 Å². The zero-order valence-corrected chi connectivity index (χ0v) is 15.7. The average molecular weight is 406 g/mol. The van der Waals surface area contributed by atoms with Crippen molar-refractivity contribution in [3.05, 3.63) is 63.9 Å². The van der Waals surface area contributed by atoms with Crippen LogP contribution in [0.2, 0.25) is 0 Å². The predicted molar refractivity (Wildman–Crippen MR) is 101 cm³/mol. The third-order valence-corrected chi connectivity index (χ3v) is 4.88. The van der Waals surface area contributed by atoms with Crippen molar-refractivity contribution in [2.24, 2.45) is 0 Å². The number of carbonyl (C=O) groups excluding carboxylic acids is 1. The molecule has 1 N–H and O–H groups in total. The Balaban J connectivity index is 1.59. The highest BCUT2D eigenvalue weighted by molar-refractivity contribution is 9.10. The van der Waals surface area contributed by atoms with Crippen LogP contribution in [0.5, 0.6) is 0 Å². The molecule has 2 aromatic rings. The molecule has 25 heavy (non-hydrogen) atoms. The van der Waals surface area contributed by atoms with Crippen LogP contribution in [0.15, 0.2) is 46.9 Å². The SMILES string of the molecule is CN1CCN(Cc2ccc(NC(=O)c3ccc(Br)cc3F)cc2)CC1. The molecule has 4 nitrogen and oxygen atoms in total. The van der Waals surface area contributed by atoms with Crippen LogP contribution in [0.3, 0.4) is 0 Å². The maximum absolute atomic E-state index is 13.9. The van der Waals surface area contributed by atoms with Crippen molar-refractivity contribution in [3.8, 4) is 0 Å². The summed E-state index contributed by atoms with van der Waals surface area (Å²) in [5.41, 5.74) is 1.90. The molecule has 0 aromatic heterocycles. The van der Waals surface area contributed by atoms with Crippen LogP contribution in [0.4, 0.5) is 10.1 Å². The minimum Gasteiger partial charge on any atom is -0.322 e. The van der Waals surface area contributed by atoms with Crippen molar-refractivity contribution in [1.29, 1.82) is 0 Å². The lowest BCUT2D eigenvalue weighted by Gasteiger charge is -2.32. The summed E-state index contributed by atoms with van der Waals surface area (Å²) in [4.78, 5) is 17.0. The second kappa shape index (κ2) is 8.08. The monoisotopic (exact) mass is 405 g/mol. The first-order valence-corrected chi connectivity index (χ1v) is 9.07. The van der Waals surface area contributed by atoms with E-state index in [0.29, 0.717) is 10.2 Å². The number of nitrogens with zero attached hydrogens (tertiary/aromatic N) is 2. The molecule has 2 aromatic carbocycles. The van der Waals surface area contributed by atoms with E-state index in [1.807, 2.05) is 24.3 Å². The molecular weight excluding hydrogens is 385 g/mol. The number of likely N-dealkylation sites (N-methyl/N-ethyl adjacent to an activating group) is 1. The lowest BCUT2D eigenvalue weighted by molar-refractivity contribution is 0.102. The third-order valence-electron chi connectivity index (χ3n) is 4.39. The van der Waals surface area contributed by atoms with Crippen molar-refractivity contribution in [2.75, 3.05) is 38.5 Å². The van der Waals surface area contributed by atoms with E-state index in [1.54, 1.807) is 6.07 Å². The summed E-state index contributed by atoms with van der Waals surface area (Å²) in [6, 6.07) is 12.1. The summed E-state index contributed by atoms with van der Waals surface area (Å²) in [6.45, 7) is 5.22. The van der Waals surface area contributed by atoms with Crippen LogP contribution in [-0.2, 0) is 6.54 Å². The van der Waals surface area contributed by atoms with E-state index in [4.69, 9.17) is 0 Å². The minimum absolute atomic E-state index is 0.0321. The lowest BCUT2D eigenvalue weighted by Crippen LogP contribution is -2.43. The van der Waals surface area contributed by atoms with Crippen LogP contribution in [0.1, 0.15) is 15.9 Å². The molecule has 1 aliphatic heterocycles. The number of piperazine rings is 1. The summed E-state index contributed by atoms with van der Waals surface area (Å²) < 4.78 is 14.5. The number of carbonyl (C=O) groups is 1. The number of hydrogen-bond acceptors (Lipinski definition) is 3. The first-order valence-electron chi connectivity index (χ1n) is 8.27. The predicted octanol–water partition coefficient (Wildman–Crippen LogP) is 3.59. The van der Waals surface area contributed by atoms with Crippen LogP contribution < -0.4 is 5.32 Å². The quantitative estimate of drug-likeness (QED) is 0.843. The van der Waals surface area contributed by atoms with E-state index >= 15 is 0 Å². The number of anilines is 1. The fourth-order valence-corrected chi connectivity index (χ4v) is 3.16. The normalized spacial score (nSPS) is 16.0. The Morgan fingerprint density at radius 3 is 2.44 bits per heavy atom. The zero-order chi connectivity index (χ0) is 17.8. The van der Waals surface area contributed by atoms with Gasteiger partial charge in [-0.05, 0) is 42.9 Å². The molecule has 1 amide bonds. The molecule has 1 saturated heterocycles. The van der Waals surface area contributed by atoms with Crippen LogP contribution >= 0.6 is 15.9 Å². The van der Waals surface area contributed by atoms with Gasteiger partial charge in [0, 0.05) is 42.9 Å². The maximum atomic E-state index is 13.9. The van der Waals surface area contributed by atoms with E-state index in [2.05, 4.69) is 38.1 Å². The number of benzene rings is 2. The van der Waals surface area contributed by atoms with Gasteiger partial charge >= 0.3 is 0 Å². The largest absolute Gasteiger partial charge is 0.322 e. The van der Waals surface area contributed by atoms with Gasteiger partial charge in [0.25, 0.3) is 5.91 Å². The molecule has 6 heteroatoms. The number of amides is 1. The molecule has 0 spiro atoms. The van der Waals surface area contributed by atoms with Gasteiger partial charge in [-0.15, -0.1) is 0 Å². The summed E-state index contributed by atoms with van der Waals surface area (Å²) in [7, 11) is 2.14. The van der Waals surface area contributed by atoms with E-state index < -0.39 is 11.7 Å². The van der Waals surface area contributed by atoms with Gasteiger partial charge in [-0.1, -0.05) is 28.1 Å². The Labute approximate surface area is 155 Å². The number of nitrogens with one attached hydrogen (secondary N) is 1. The molecule has 132 valence electrons. The topological polar surface area (TPSA) is 35.6 Å². The molecule has 1 fully saturated rings. The fourth-order valence-electron chi connectivity index (χ4n) is 2.83. The zero-order valence-electron chi connectivity index (χ0n) is 14.1. The highest BCUT2D eigenvalue weighted by Crippen LogP contribution is 2.18. The van der Waals surface area contributed by atoms with Gasteiger partial charge in [0.2, 0.25) is 0 Å². The van der Waals surface area contributed by atoms with E-state index in [0.717, 1.165) is 32.7 Å². The smallest absolute Gasteiger partial charge is 0.258 e. The molecular formula is C19H21BrFN3O. The molecule has 0 saturated carbocycles. The van der Waals surface area contributed by atoms with Gasteiger partial charge in [-0.25, -0.2) is 4.39 Å². The van der Waals surface area contributed by atoms with Crippen molar-refractivity contribution < 1.29 is 9.18 Å². The van der Waals surface area contributed by atoms with Gasteiger partial charge < -0.3 is 10.2 Å². The Morgan fingerprint density at radius 2 is 1.80 bits per heavy atom. The molecule has 1 aliphatic rings. The first-order chi connectivity index (χ1) is 12.0. The van der Waals surface area contributed by atoms with Crippen molar-refractivity contribution in [3.63, 3.8) is 0 Å². The molecule has 3 rings (SSSR count). The number of rotatable bonds is 4. The van der Waals surface area contributed by atoms with Crippen molar-refractivity contribution in [1.82, 2.24) is 9.80 Å². The van der Waals surface area contributed by atoms with Gasteiger partial charge in [-0.2, -0.15) is 0 Å². The van der Waals surface area contributed by atoms with E-state index in [-0.39, 0.29) is 5.56 Å². The fraction of sp³-hybridized carbons (Fsp3) is 0.316. The Morgan fingerprint density at radius 1 is 1.12 bits per heavy atom. The first kappa shape index (κ1) is 18.0. The molecule has 1 heterocycles. The second-order valence-corrected chi connectivity index (χ2v) is 7.27. The summed E-state index contributed by atoms with van der Waals surface area (Å²) in [5.74, 6) is -0.990. The average Bonchev–Trinajstić information content (AvgIpc) is 2.58. The van der Waals surface area contributed by atoms with E-state index in [9.17, 15) is 9.18 Å². The highest BCUT2D eigenvalue weighted by Gasteiger charge is 2.14. The van der Waals surface area contributed by atoms with Crippen molar-refractivity contribution >= 4 is 27.5 Å². The van der Waals surface area contributed by atoms with Gasteiger partial charge in [0.05, 0.1) is 5.56 Å². The summed E-state index contributed by atoms with van der Waals surface area (Å²) in [6.07, 6.45) is 0. The van der Waals surface area contributed by atoms with Gasteiger partial charge in [0.1, 0.15) is 5.82 Å². The third kappa shape index (κ3) is 4.87. The van der Waals surface area contributed by atoms with Crippen LogP contribution in [-0.4, -0.2) is 48.9 Å². The number of halogens is 2. The van der Waals surface area contributed by atoms with Gasteiger partial charge in [0.15, 0.2) is 0 Å².